The Bertz CT molecular complexity index is 1430. The molecular weight excluding hydrogens is 628 g/mol. The largest absolute Gasteiger partial charge is 0.493 e. The number of hydrogen-bond acceptors (Lipinski definition) is 16. The van der Waals surface area contributed by atoms with Gasteiger partial charge in [-0.25, -0.2) is 0 Å². The molecule has 1 saturated heterocycles. The minimum atomic E-state index is -1.69. The standard InChI is InChI=1S/C17H20O9.C14H18O7/c1-17(2)25-15(19)12(16(20)26-17)9(18)8-24-11-7-6-10(21-3)13(22-4)14(11)23-5;1-17-10-5-6-11(14(20-4)13(10)19-3)21-8-9(15)7-12(16)18-2/h6-7,12H,8H2,1-5H3;5-6H,7-8H2,1-4H3. The molecule has 2 aromatic carbocycles. The Balaban J connectivity index is 0.000000335. The molecule has 1 aliphatic rings. The summed E-state index contributed by atoms with van der Waals surface area (Å²) in [5, 5.41) is 0. The molecule has 0 amide bonds. The molecule has 0 unspecified atom stereocenters. The number of rotatable bonds is 15. The van der Waals surface area contributed by atoms with Gasteiger partial charge < -0.3 is 52.1 Å². The van der Waals surface area contributed by atoms with Crippen LogP contribution in [0.1, 0.15) is 20.3 Å². The minimum absolute atomic E-state index is 0.177. The van der Waals surface area contributed by atoms with Gasteiger partial charge in [-0.15, -0.1) is 0 Å². The molecular formula is C31H38O16. The molecule has 47 heavy (non-hydrogen) atoms. The van der Waals surface area contributed by atoms with Gasteiger partial charge >= 0.3 is 17.9 Å². The molecule has 2 aromatic rings. The molecule has 1 fully saturated rings. The molecule has 1 heterocycles. The Hall–Kier alpha value is -5.41. The van der Waals surface area contributed by atoms with Crippen LogP contribution in [-0.4, -0.2) is 98.2 Å². The summed E-state index contributed by atoms with van der Waals surface area (Å²) in [7, 11) is 9.90. The number of cyclic esters (lactones) is 2. The fourth-order valence-corrected chi connectivity index (χ4v) is 4.03. The van der Waals surface area contributed by atoms with Crippen molar-refractivity contribution in [2.24, 2.45) is 5.92 Å². The number of hydrogen-bond donors (Lipinski definition) is 0. The lowest BCUT2D eigenvalue weighted by Crippen LogP contribution is -2.50. The normalized spacial score (nSPS) is 13.4. The second kappa shape index (κ2) is 17.3. The van der Waals surface area contributed by atoms with Crippen molar-refractivity contribution in [2.45, 2.75) is 26.1 Å². The highest BCUT2D eigenvalue weighted by atomic mass is 16.7. The number of carbonyl (C=O) groups is 5. The highest BCUT2D eigenvalue weighted by molar-refractivity contribution is 6.16. The van der Waals surface area contributed by atoms with Gasteiger partial charge in [-0.2, -0.15) is 0 Å². The third kappa shape index (κ3) is 9.79. The fourth-order valence-electron chi connectivity index (χ4n) is 4.03. The predicted octanol–water partition coefficient (Wildman–Crippen LogP) is 2.34. The van der Waals surface area contributed by atoms with E-state index in [1.807, 2.05) is 0 Å². The quantitative estimate of drug-likeness (QED) is 0.199. The number of ether oxygens (including phenoxy) is 11. The third-order valence-electron chi connectivity index (χ3n) is 6.15. The van der Waals surface area contributed by atoms with Gasteiger partial charge in [0.05, 0.1) is 49.8 Å². The van der Waals surface area contributed by atoms with Crippen molar-refractivity contribution in [3.05, 3.63) is 24.3 Å². The Labute approximate surface area is 270 Å². The lowest BCUT2D eigenvalue weighted by molar-refractivity contribution is -0.238. The van der Waals surface area contributed by atoms with Crippen molar-refractivity contribution in [1.29, 1.82) is 0 Å². The molecule has 0 aromatic heterocycles. The Morgan fingerprint density at radius 3 is 1.38 bits per heavy atom. The molecule has 1 aliphatic heterocycles. The Kier molecular flexibility index (Phi) is 13.9. The zero-order valence-corrected chi connectivity index (χ0v) is 27.5. The Morgan fingerprint density at radius 1 is 0.617 bits per heavy atom. The maximum atomic E-state index is 12.3. The molecule has 0 bridgehead atoms. The minimum Gasteiger partial charge on any atom is -0.493 e. The molecule has 0 atom stereocenters. The molecule has 0 N–H and O–H groups in total. The number of esters is 3. The van der Waals surface area contributed by atoms with Crippen molar-refractivity contribution in [2.75, 3.05) is 63.0 Å². The predicted molar refractivity (Wildman–Crippen MR) is 160 cm³/mol. The van der Waals surface area contributed by atoms with Crippen LogP contribution in [0, 0.1) is 5.92 Å². The van der Waals surface area contributed by atoms with Gasteiger partial charge in [0.1, 0.15) is 19.6 Å². The van der Waals surface area contributed by atoms with Gasteiger partial charge in [-0.1, -0.05) is 0 Å². The van der Waals surface area contributed by atoms with Crippen LogP contribution in [0.2, 0.25) is 0 Å². The number of Topliss-reactive ketones (excluding diaryl/α,β-unsaturated/α-hetero) is 2. The monoisotopic (exact) mass is 666 g/mol. The van der Waals surface area contributed by atoms with E-state index in [0.29, 0.717) is 28.7 Å². The van der Waals surface area contributed by atoms with Crippen LogP contribution in [-0.2, 0) is 38.2 Å². The fraction of sp³-hybridized carbons (Fsp3) is 0.452. The summed E-state index contributed by atoms with van der Waals surface area (Å²) in [6.07, 6.45) is -0.341. The first-order valence-electron chi connectivity index (χ1n) is 13.7. The summed E-state index contributed by atoms with van der Waals surface area (Å²) in [6, 6.07) is 6.29. The van der Waals surface area contributed by atoms with Gasteiger partial charge in [-0.3, -0.25) is 24.0 Å². The van der Waals surface area contributed by atoms with Crippen LogP contribution in [0.5, 0.6) is 46.0 Å². The van der Waals surface area contributed by atoms with E-state index in [9.17, 15) is 24.0 Å². The SMILES string of the molecule is COC(=O)CC(=O)COc1ccc(OC)c(OC)c1OC.COc1ccc(OCC(=O)C2C(=O)OC(C)(C)OC2=O)c(OC)c1OC. The van der Waals surface area contributed by atoms with E-state index in [1.54, 1.807) is 18.2 Å². The Morgan fingerprint density at radius 2 is 1.00 bits per heavy atom. The summed E-state index contributed by atoms with van der Waals surface area (Å²) in [4.78, 5) is 58.6. The summed E-state index contributed by atoms with van der Waals surface area (Å²) in [5.74, 6) is -4.33. The van der Waals surface area contributed by atoms with Crippen molar-refractivity contribution >= 4 is 29.5 Å². The molecule has 0 saturated carbocycles. The summed E-state index contributed by atoms with van der Waals surface area (Å²) in [5.41, 5.74) is 0. The van der Waals surface area contributed by atoms with Crippen molar-refractivity contribution in [3.63, 3.8) is 0 Å². The van der Waals surface area contributed by atoms with Gasteiger partial charge in [-0.05, 0) is 24.3 Å². The van der Waals surface area contributed by atoms with Crippen molar-refractivity contribution < 1.29 is 76.1 Å². The molecule has 0 aliphatic carbocycles. The first kappa shape index (κ1) is 37.8. The number of benzene rings is 2. The molecule has 0 radical (unpaired) electrons. The highest BCUT2D eigenvalue weighted by Crippen LogP contribution is 2.45. The summed E-state index contributed by atoms with van der Waals surface area (Å²) in [6.45, 7) is 1.95. The first-order chi connectivity index (χ1) is 22.3. The average molecular weight is 667 g/mol. The average Bonchev–Trinajstić information content (AvgIpc) is 3.04. The first-order valence-corrected chi connectivity index (χ1v) is 13.7. The lowest BCUT2D eigenvalue weighted by atomic mass is 10.0. The van der Waals surface area contributed by atoms with Crippen LogP contribution in [0.15, 0.2) is 24.3 Å². The highest BCUT2D eigenvalue weighted by Gasteiger charge is 2.47. The number of methoxy groups -OCH3 is 7. The van der Waals surface area contributed by atoms with Crippen LogP contribution >= 0.6 is 0 Å². The van der Waals surface area contributed by atoms with Crippen LogP contribution in [0.4, 0.5) is 0 Å². The smallest absolute Gasteiger partial charge is 0.331 e. The van der Waals surface area contributed by atoms with E-state index in [2.05, 4.69) is 4.74 Å². The van der Waals surface area contributed by atoms with Crippen LogP contribution < -0.4 is 37.9 Å². The van der Waals surface area contributed by atoms with E-state index in [-0.39, 0.29) is 30.3 Å². The van der Waals surface area contributed by atoms with Gasteiger partial charge in [0.25, 0.3) is 5.79 Å². The van der Waals surface area contributed by atoms with Crippen molar-refractivity contribution in [1.82, 2.24) is 0 Å². The van der Waals surface area contributed by atoms with Crippen LogP contribution in [0.25, 0.3) is 0 Å². The van der Waals surface area contributed by atoms with Crippen LogP contribution in [0.3, 0.4) is 0 Å². The van der Waals surface area contributed by atoms with Gasteiger partial charge in [0.2, 0.25) is 28.9 Å². The maximum Gasteiger partial charge on any atom is 0.331 e. The molecule has 0 spiro atoms. The molecule has 3 rings (SSSR count). The van der Waals surface area contributed by atoms with E-state index in [4.69, 9.17) is 47.4 Å². The maximum absolute atomic E-state index is 12.3. The number of ketones is 2. The second-order valence-electron chi connectivity index (χ2n) is 9.68. The summed E-state index contributed by atoms with van der Waals surface area (Å²) >= 11 is 0. The van der Waals surface area contributed by atoms with E-state index in [1.165, 1.54) is 69.7 Å². The van der Waals surface area contributed by atoms with Gasteiger partial charge in [0.15, 0.2) is 34.6 Å². The molecule has 258 valence electrons. The van der Waals surface area contributed by atoms with Gasteiger partial charge in [0, 0.05) is 13.8 Å². The molecule has 16 nitrogen and oxygen atoms in total. The zero-order chi connectivity index (χ0) is 35.3. The zero-order valence-electron chi connectivity index (χ0n) is 27.5. The summed E-state index contributed by atoms with van der Waals surface area (Å²) < 4.78 is 56.2. The number of carbonyl (C=O) groups excluding carboxylic acids is 5. The lowest BCUT2D eigenvalue weighted by Gasteiger charge is -2.32. The van der Waals surface area contributed by atoms with E-state index >= 15 is 0 Å². The third-order valence-corrected chi connectivity index (χ3v) is 6.15. The molecule has 16 heteroatoms. The topological polar surface area (TPSA) is 187 Å². The van der Waals surface area contributed by atoms with E-state index in [0.717, 1.165) is 0 Å². The van der Waals surface area contributed by atoms with Crippen molar-refractivity contribution in [3.8, 4) is 46.0 Å². The van der Waals surface area contributed by atoms with E-state index < -0.39 is 47.8 Å². The second-order valence-corrected chi connectivity index (χ2v) is 9.68.